The van der Waals surface area contributed by atoms with Gasteiger partial charge in [0.05, 0.1) is 0 Å². The maximum absolute atomic E-state index is 10.6. The number of aliphatic hydroxyl groups is 1. The Morgan fingerprint density at radius 1 is 1.42 bits per heavy atom. The quantitative estimate of drug-likeness (QED) is 0.747. The van der Waals surface area contributed by atoms with Crippen molar-refractivity contribution in [1.82, 2.24) is 0 Å². The molecular formula is C21H32O3. The first-order chi connectivity index (χ1) is 11.4. The molecule has 2 rings (SSSR count). The van der Waals surface area contributed by atoms with Gasteiger partial charge >= 0.3 is 0 Å². The van der Waals surface area contributed by atoms with E-state index in [-0.39, 0.29) is 11.8 Å². The Labute approximate surface area is 146 Å². The Bertz CT molecular complexity index is 537. The predicted octanol–water partition coefficient (Wildman–Crippen LogP) is 4.90. The van der Waals surface area contributed by atoms with Crippen LogP contribution in [0.15, 0.2) is 47.1 Å². The molecule has 0 radical (unpaired) electrons. The maximum Gasteiger partial charge on any atom is 0.182 e. The number of methoxy groups -OCH3 is 1. The summed E-state index contributed by atoms with van der Waals surface area (Å²) in [6.45, 7) is 10.7. The van der Waals surface area contributed by atoms with Crippen LogP contribution in [-0.4, -0.2) is 24.8 Å². The van der Waals surface area contributed by atoms with Crippen molar-refractivity contribution in [3.8, 4) is 0 Å². The van der Waals surface area contributed by atoms with Crippen molar-refractivity contribution in [1.29, 1.82) is 0 Å². The monoisotopic (exact) mass is 332 g/mol. The highest BCUT2D eigenvalue weighted by Gasteiger charge is 2.42. The first kappa shape index (κ1) is 19.2. The molecule has 0 bridgehead atoms. The second-order valence-electron chi connectivity index (χ2n) is 7.23. The Balaban J connectivity index is 2.35. The summed E-state index contributed by atoms with van der Waals surface area (Å²) < 4.78 is 11.3. The van der Waals surface area contributed by atoms with Crippen molar-refractivity contribution in [3.05, 3.63) is 47.1 Å². The van der Waals surface area contributed by atoms with Crippen LogP contribution in [0.3, 0.4) is 0 Å². The van der Waals surface area contributed by atoms with Crippen molar-refractivity contribution < 1.29 is 14.6 Å². The Kier molecular flexibility index (Phi) is 7.02. The number of hydrogen-bond donors (Lipinski definition) is 1. The fourth-order valence-corrected chi connectivity index (χ4v) is 3.73. The average molecular weight is 332 g/mol. The van der Waals surface area contributed by atoms with E-state index in [9.17, 15) is 5.11 Å². The molecule has 3 heteroatoms. The molecule has 24 heavy (non-hydrogen) atoms. The van der Waals surface area contributed by atoms with Crippen molar-refractivity contribution >= 4 is 0 Å². The molecule has 0 aromatic carbocycles. The summed E-state index contributed by atoms with van der Waals surface area (Å²) in [6.07, 6.45) is 10.2. The minimum absolute atomic E-state index is 0.0475. The number of hydrogen-bond acceptors (Lipinski definition) is 3. The number of allylic oxidation sites excluding steroid dienone is 5. The Morgan fingerprint density at radius 2 is 2.17 bits per heavy atom. The third-order valence-corrected chi connectivity index (χ3v) is 5.08. The fraction of sp³-hybridized carbons (Fsp3) is 0.619. The summed E-state index contributed by atoms with van der Waals surface area (Å²) in [5.41, 5.74) is 4.95. The molecule has 1 aliphatic carbocycles. The lowest BCUT2D eigenvalue weighted by atomic mass is 9.75. The fourth-order valence-electron chi connectivity index (χ4n) is 3.73. The Hall–Kier alpha value is -1.16. The summed E-state index contributed by atoms with van der Waals surface area (Å²) in [5.74, 6) is 0.173. The standard InChI is InChI=1S/C21H32O3/c1-14(2)8-6-11-18-17-13-12-15(3)9-7-10-16(4)19(17)20(22)24-21(18)23-5/h8-9,11,17,19-22H,4,6-7,10,12-13H2,1-3,5H3. The van der Waals surface area contributed by atoms with E-state index in [1.165, 1.54) is 11.1 Å². The molecule has 0 aromatic heterocycles. The van der Waals surface area contributed by atoms with Crippen LogP contribution in [0.4, 0.5) is 0 Å². The highest BCUT2D eigenvalue weighted by molar-refractivity contribution is 5.23. The van der Waals surface area contributed by atoms with Crippen molar-refractivity contribution in [2.75, 3.05) is 7.11 Å². The van der Waals surface area contributed by atoms with Gasteiger partial charge in [-0.1, -0.05) is 41.5 Å². The third-order valence-electron chi connectivity index (χ3n) is 5.08. The van der Waals surface area contributed by atoms with E-state index in [1.54, 1.807) is 7.11 Å². The van der Waals surface area contributed by atoms with Crippen LogP contribution in [-0.2, 0) is 9.47 Å². The van der Waals surface area contributed by atoms with E-state index in [0.29, 0.717) is 0 Å². The number of ether oxygens (including phenoxy) is 2. The van der Waals surface area contributed by atoms with Crippen LogP contribution < -0.4 is 0 Å². The highest BCUT2D eigenvalue weighted by atomic mass is 16.7. The Morgan fingerprint density at radius 3 is 2.83 bits per heavy atom. The van der Waals surface area contributed by atoms with E-state index in [0.717, 1.165) is 43.3 Å². The number of fused-ring (bicyclic) bond motifs is 1. The molecule has 4 unspecified atom stereocenters. The van der Waals surface area contributed by atoms with Gasteiger partial charge in [-0.25, -0.2) is 0 Å². The molecule has 1 heterocycles. The molecule has 2 aliphatic rings. The predicted molar refractivity (Wildman–Crippen MR) is 98.4 cm³/mol. The molecule has 0 amide bonds. The van der Waals surface area contributed by atoms with Gasteiger partial charge in [-0.05, 0) is 64.4 Å². The molecule has 1 N–H and O–H groups in total. The minimum Gasteiger partial charge on any atom is -0.367 e. The normalized spacial score (nSPS) is 33.1. The van der Waals surface area contributed by atoms with Gasteiger partial charge in [0.2, 0.25) is 0 Å². The summed E-state index contributed by atoms with van der Waals surface area (Å²) in [7, 11) is 1.64. The molecular weight excluding hydrogens is 300 g/mol. The largest absolute Gasteiger partial charge is 0.367 e. The highest BCUT2D eigenvalue weighted by Crippen LogP contribution is 2.43. The zero-order valence-corrected chi connectivity index (χ0v) is 15.5. The average Bonchev–Trinajstić information content (AvgIpc) is 2.59. The zero-order valence-electron chi connectivity index (χ0n) is 15.5. The van der Waals surface area contributed by atoms with Crippen LogP contribution in [0.25, 0.3) is 0 Å². The lowest BCUT2D eigenvalue weighted by Crippen LogP contribution is -2.44. The van der Waals surface area contributed by atoms with Crippen LogP contribution in [0.5, 0.6) is 0 Å². The molecule has 1 aliphatic heterocycles. The van der Waals surface area contributed by atoms with Gasteiger partial charge in [-0.15, -0.1) is 0 Å². The van der Waals surface area contributed by atoms with Gasteiger partial charge in [-0.2, -0.15) is 0 Å². The molecule has 4 atom stereocenters. The zero-order chi connectivity index (χ0) is 17.7. The minimum atomic E-state index is -0.841. The van der Waals surface area contributed by atoms with Crippen LogP contribution >= 0.6 is 0 Å². The van der Waals surface area contributed by atoms with E-state index in [2.05, 4.69) is 45.6 Å². The molecule has 0 spiro atoms. The number of rotatable bonds is 3. The van der Waals surface area contributed by atoms with Crippen molar-refractivity contribution in [3.63, 3.8) is 0 Å². The smallest absolute Gasteiger partial charge is 0.182 e. The van der Waals surface area contributed by atoms with Gasteiger partial charge in [0, 0.05) is 13.0 Å². The lowest BCUT2D eigenvalue weighted by Gasteiger charge is -2.42. The third kappa shape index (κ3) is 4.69. The molecule has 3 nitrogen and oxygen atoms in total. The summed E-state index contributed by atoms with van der Waals surface area (Å²) in [4.78, 5) is 0. The van der Waals surface area contributed by atoms with Gasteiger partial charge in [0.15, 0.2) is 12.6 Å². The van der Waals surface area contributed by atoms with E-state index >= 15 is 0 Å². The van der Waals surface area contributed by atoms with Gasteiger partial charge in [0.25, 0.3) is 0 Å². The van der Waals surface area contributed by atoms with Gasteiger partial charge in [-0.3, -0.25) is 0 Å². The SMILES string of the molecule is C=C1CCC=C(C)CCC2C(=CCC=C(C)C)C(OC)OC(O)C12. The summed E-state index contributed by atoms with van der Waals surface area (Å²) in [6, 6.07) is 0. The first-order valence-corrected chi connectivity index (χ1v) is 8.97. The number of aliphatic hydroxyl groups excluding tert-OH is 1. The first-order valence-electron chi connectivity index (χ1n) is 8.97. The topological polar surface area (TPSA) is 38.7 Å². The summed E-state index contributed by atoms with van der Waals surface area (Å²) in [5, 5.41) is 10.6. The van der Waals surface area contributed by atoms with Crippen LogP contribution in [0.2, 0.25) is 0 Å². The molecule has 1 saturated heterocycles. The van der Waals surface area contributed by atoms with E-state index in [4.69, 9.17) is 9.47 Å². The second kappa shape index (κ2) is 8.80. The molecule has 1 fully saturated rings. The maximum atomic E-state index is 10.6. The van der Waals surface area contributed by atoms with E-state index in [1.807, 2.05) is 0 Å². The van der Waals surface area contributed by atoms with Gasteiger partial charge in [0.1, 0.15) is 0 Å². The molecule has 0 saturated carbocycles. The van der Waals surface area contributed by atoms with Gasteiger partial charge < -0.3 is 14.6 Å². The summed E-state index contributed by atoms with van der Waals surface area (Å²) >= 11 is 0. The van der Waals surface area contributed by atoms with Crippen molar-refractivity contribution in [2.45, 2.75) is 65.5 Å². The molecule has 134 valence electrons. The second-order valence-corrected chi connectivity index (χ2v) is 7.23. The van der Waals surface area contributed by atoms with Crippen molar-refractivity contribution in [2.24, 2.45) is 11.8 Å². The van der Waals surface area contributed by atoms with Crippen LogP contribution in [0.1, 0.15) is 52.9 Å². The van der Waals surface area contributed by atoms with E-state index < -0.39 is 12.6 Å². The lowest BCUT2D eigenvalue weighted by molar-refractivity contribution is -0.246. The molecule has 0 aromatic rings. The van der Waals surface area contributed by atoms with Crippen LogP contribution in [0, 0.1) is 11.8 Å².